The Morgan fingerprint density at radius 1 is 1.36 bits per heavy atom. The normalized spacial score (nSPS) is 13.8. The van der Waals surface area contributed by atoms with E-state index in [-0.39, 0.29) is 17.6 Å². The molecule has 0 aliphatic rings. The molecule has 0 radical (unpaired) electrons. The minimum atomic E-state index is -0.176. The molecule has 3 nitrogen and oxygen atoms in total. The molecule has 0 aromatic heterocycles. The summed E-state index contributed by atoms with van der Waals surface area (Å²) in [7, 11) is 0. The fraction of sp³-hybridized carbons (Fsp3) is 0.909. The van der Waals surface area contributed by atoms with Gasteiger partial charge in [0.15, 0.2) is 0 Å². The van der Waals surface area contributed by atoms with Gasteiger partial charge in [-0.3, -0.25) is 10.1 Å². The molecule has 0 aromatic carbocycles. The van der Waals surface area contributed by atoms with E-state index in [9.17, 15) is 4.79 Å². The van der Waals surface area contributed by atoms with E-state index in [2.05, 4.69) is 26.1 Å². The number of carbonyl (C=O) groups is 1. The third-order valence-corrected chi connectivity index (χ3v) is 2.43. The van der Waals surface area contributed by atoms with E-state index in [1.165, 1.54) is 0 Å². The quantitative estimate of drug-likeness (QED) is 0.669. The van der Waals surface area contributed by atoms with Crippen molar-refractivity contribution in [2.75, 3.05) is 6.61 Å². The summed E-state index contributed by atoms with van der Waals surface area (Å²) in [5, 5.41) is 3.30. The number of carbonyl (C=O) groups excluding carboxylic acids is 1. The summed E-state index contributed by atoms with van der Waals surface area (Å²) in [5.74, 6) is -0.142. The zero-order valence-electron chi connectivity index (χ0n) is 10.0. The van der Waals surface area contributed by atoms with Gasteiger partial charge in [0.05, 0.1) is 6.61 Å². The average Bonchev–Trinajstić information content (AvgIpc) is 2.14. The van der Waals surface area contributed by atoms with Crippen LogP contribution in [0.5, 0.6) is 0 Å². The van der Waals surface area contributed by atoms with Crippen LogP contribution in [0.3, 0.4) is 0 Å². The molecule has 1 N–H and O–H groups in total. The van der Waals surface area contributed by atoms with E-state index >= 15 is 0 Å². The molecule has 0 aliphatic carbocycles. The molecule has 3 heteroatoms. The molecule has 84 valence electrons. The third-order valence-electron chi connectivity index (χ3n) is 2.43. The Morgan fingerprint density at radius 3 is 2.29 bits per heavy atom. The fourth-order valence-electron chi connectivity index (χ4n) is 1.14. The summed E-state index contributed by atoms with van der Waals surface area (Å²) in [6, 6.07) is -0.176. The van der Waals surface area contributed by atoms with Gasteiger partial charge in [-0.15, -0.1) is 0 Å². The van der Waals surface area contributed by atoms with E-state index in [0.717, 1.165) is 12.8 Å². The molecule has 0 aliphatic heterocycles. The van der Waals surface area contributed by atoms with Crippen molar-refractivity contribution in [1.29, 1.82) is 0 Å². The predicted octanol–water partition coefficient (Wildman–Crippen LogP) is 2.11. The molecule has 0 bridgehead atoms. The first-order valence-electron chi connectivity index (χ1n) is 5.41. The van der Waals surface area contributed by atoms with Gasteiger partial charge in [0.1, 0.15) is 6.04 Å². The summed E-state index contributed by atoms with van der Waals surface area (Å²) in [5.41, 5.74) is -0.00651. The van der Waals surface area contributed by atoms with Crippen LogP contribution in [0.4, 0.5) is 0 Å². The predicted molar refractivity (Wildman–Crippen MR) is 58.2 cm³/mol. The third kappa shape index (κ3) is 4.61. The Morgan fingerprint density at radius 2 is 1.93 bits per heavy atom. The van der Waals surface area contributed by atoms with Gasteiger partial charge in [-0.25, -0.2) is 0 Å². The topological polar surface area (TPSA) is 38.3 Å². The van der Waals surface area contributed by atoms with Gasteiger partial charge in [0.25, 0.3) is 0 Å². The maximum atomic E-state index is 11.5. The first-order valence-corrected chi connectivity index (χ1v) is 5.41. The van der Waals surface area contributed by atoms with E-state index in [1.807, 2.05) is 13.8 Å². The Balaban J connectivity index is 4.21. The van der Waals surface area contributed by atoms with Crippen LogP contribution in [0.1, 0.15) is 47.5 Å². The molecule has 0 fully saturated rings. The van der Waals surface area contributed by atoms with Crippen LogP contribution in [0, 0.1) is 0 Å². The van der Waals surface area contributed by atoms with Gasteiger partial charge in [-0.1, -0.05) is 13.8 Å². The number of nitrogens with one attached hydrogen (secondary N) is 1. The minimum Gasteiger partial charge on any atom is -0.465 e. The fourth-order valence-corrected chi connectivity index (χ4v) is 1.14. The van der Waals surface area contributed by atoms with Gasteiger partial charge in [0, 0.05) is 5.54 Å². The Hall–Kier alpha value is -0.570. The van der Waals surface area contributed by atoms with Crippen molar-refractivity contribution in [1.82, 2.24) is 5.32 Å². The van der Waals surface area contributed by atoms with Crippen LogP contribution >= 0.6 is 0 Å². The first kappa shape index (κ1) is 13.4. The largest absolute Gasteiger partial charge is 0.465 e. The molecule has 0 rings (SSSR count). The second-order valence-corrected chi connectivity index (χ2v) is 4.09. The molecular formula is C11H23NO2. The lowest BCUT2D eigenvalue weighted by Gasteiger charge is -2.29. The van der Waals surface area contributed by atoms with Crippen molar-refractivity contribution in [3.05, 3.63) is 0 Å². The van der Waals surface area contributed by atoms with Gasteiger partial charge >= 0.3 is 5.97 Å². The lowest BCUT2D eigenvalue weighted by molar-refractivity contribution is -0.146. The lowest BCUT2D eigenvalue weighted by Crippen LogP contribution is -2.49. The minimum absolute atomic E-state index is 0.00651. The molecule has 14 heavy (non-hydrogen) atoms. The molecule has 0 heterocycles. The standard InChI is InChI=1S/C11H23NO2/c1-6-9(10(13)14-8-3)12-11(4,5)7-2/h9,12H,6-8H2,1-5H3. The van der Waals surface area contributed by atoms with Crippen LogP contribution in [0.25, 0.3) is 0 Å². The summed E-state index contributed by atoms with van der Waals surface area (Å²) in [6.07, 6.45) is 1.76. The van der Waals surface area contributed by atoms with Crippen molar-refractivity contribution >= 4 is 5.97 Å². The molecule has 0 spiro atoms. The second kappa shape index (κ2) is 6.02. The van der Waals surface area contributed by atoms with Crippen molar-refractivity contribution < 1.29 is 9.53 Å². The molecule has 0 aromatic rings. The molecule has 1 atom stereocenters. The molecule has 0 saturated carbocycles. The van der Waals surface area contributed by atoms with Crippen LogP contribution < -0.4 is 5.32 Å². The van der Waals surface area contributed by atoms with Crippen LogP contribution in [-0.4, -0.2) is 24.2 Å². The maximum absolute atomic E-state index is 11.5. The smallest absolute Gasteiger partial charge is 0.323 e. The van der Waals surface area contributed by atoms with Crippen LogP contribution in [-0.2, 0) is 9.53 Å². The SMILES string of the molecule is CCOC(=O)C(CC)NC(C)(C)CC. The van der Waals surface area contributed by atoms with E-state index in [4.69, 9.17) is 4.74 Å². The highest BCUT2D eigenvalue weighted by Gasteiger charge is 2.24. The Bertz CT molecular complexity index is 178. The van der Waals surface area contributed by atoms with Crippen molar-refractivity contribution in [2.24, 2.45) is 0 Å². The lowest BCUT2D eigenvalue weighted by atomic mass is 10.00. The van der Waals surface area contributed by atoms with Crippen LogP contribution in [0.15, 0.2) is 0 Å². The zero-order chi connectivity index (χ0) is 11.2. The highest BCUT2D eigenvalue weighted by Crippen LogP contribution is 2.10. The Kier molecular flexibility index (Phi) is 5.77. The molecule has 0 saturated heterocycles. The number of esters is 1. The average molecular weight is 201 g/mol. The van der Waals surface area contributed by atoms with Crippen molar-refractivity contribution in [3.63, 3.8) is 0 Å². The van der Waals surface area contributed by atoms with E-state index in [1.54, 1.807) is 0 Å². The van der Waals surface area contributed by atoms with Crippen LogP contribution in [0.2, 0.25) is 0 Å². The number of rotatable bonds is 6. The number of ether oxygens (including phenoxy) is 1. The number of hydrogen-bond donors (Lipinski definition) is 1. The summed E-state index contributed by atoms with van der Waals surface area (Å²) < 4.78 is 4.98. The summed E-state index contributed by atoms with van der Waals surface area (Å²) in [4.78, 5) is 11.5. The van der Waals surface area contributed by atoms with E-state index in [0.29, 0.717) is 6.61 Å². The van der Waals surface area contributed by atoms with Crippen molar-refractivity contribution in [2.45, 2.75) is 59.0 Å². The highest BCUT2D eigenvalue weighted by molar-refractivity contribution is 5.75. The molecular weight excluding hydrogens is 178 g/mol. The monoisotopic (exact) mass is 201 g/mol. The highest BCUT2D eigenvalue weighted by atomic mass is 16.5. The Labute approximate surface area is 87.2 Å². The summed E-state index contributed by atoms with van der Waals surface area (Å²) >= 11 is 0. The molecule has 1 unspecified atom stereocenters. The maximum Gasteiger partial charge on any atom is 0.323 e. The van der Waals surface area contributed by atoms with Gasteiger partial charge in [-0.05, 0) is 33.6 Å². The van der Waals surface area contributed by atoms with Gasteiger partial charge in [-0.2, -0.15) is 0 Å². The second-order valence-electron chi connectivity index (χ2n) is 4.09. The van der Waals surface area contributed by atoms with Gasteiger partial charge < -0.3 is 4.74 Å². The first-order chi connectivity index (χ1) is 6.46. The molecule has 0 amide bonds. The van der Waals surface area contributed by atoms with E-state index < -0.39 is 0 Å². The zero-order valence-corrected chi connectivity index (χ0v) is 10.0. The van der Waals surface area contributed by atoms with Gasteiger partial charge in [0.2, 0.25) is 0 Å². The van der Waals surface area contributed by atoms with Crippen molar-refractivity contribution in [3.8, 4) is 0 Å². The summed E-state index contributed by atoms with van der Waals surface area (Å²) in [6.45, 7) is 10.5. The number of hydrogen-bond acceptors (Lipinski definition) is 3.